The number of hydrogen-bond donors (Lipinski definition) is 1. The smallest absolute Gasteiger partial charge is 0.337 e. The third-order valence-corrected chi connectivity index (χ3v) is 6.76. The maximum atomic E-state index is 12.0. The molecule has 3 heteroatoms. The van der Waals surface area contributed by atoms with Gasteiger partial charge in [-0.25, -0.2) is 4.79 Å². The third-order valence-electron chi connectivity index (χ3n) is 6.76. The summed E-state index contributed by atoms with van der Waals surface area (Å²) in [5, 5.41) is 10.7. The first-order valence-corrected chi connectivity index (χ1v) is 9.92. The van der Waals surface area contributed by atoms with Crippen molar-refractivity contribution in [1.82, 2.24) is 0 Å². The molecule has 3 atom stereocenters. The van der Waals surface area contributed by atoms with Crippen molar-refractivity contribution < 1.29 is 14.6 Å². The number of aryl methyl sites for hydroxylation is 1. The SMILES string of the molecule is COC(=O)c1ccc2c(c1)CC[C@@H]1C[C@@](C)(O)CC[C@@]21Cc1ccccc1. The van der Waals surface area contributed by atoms with Gasteiger partial charge in [-0.1, -0.05) is 36.4 Å². The molecule has 1 saturated carbocycles. The van der Waals surface area contributed by atoms with Crippen molar-refractivity contribution >= 4 is 5.97 Å². The molecule has 1 N–H and O–H groups in total. The number of carbonyl (C=O) groups is 1. The number of benzene rings is 2. The van der Waals surface area contributed by atoms with Crippen LogP contribution in [0.15, 0.2) is 48.5 Å². The van der Waals surface area contributed by atoms with Gasteiger partial charge in [0.25, 0.3) is 0 Å². The van der Waals surface area contributed by atoms with E-state index < -0.39 is 5.60 Å². The van der Waals surface area contributed by atoms with Crippen molar-refractivity contribution in [1.29, 1.82) is 0 Å². The molecular weight excluding hydrogens is 336 g/mol. The first kappa shape index (κ1) is 18.2. The lowest BCUT2D eigenvalue weighted by atomic mass is 9.53. The van der Waals surface area contributed by atoms with Gasteiger partial charge in [-0.05, 0) is 80.2 Å². The van der Waals surface area contributed by atoms with Gasteiger partial charge in [0.2, 0.25) is 0 Å². The van der Waals surface area contributed by atoms with Crippen molar-refractivity contribution in [2.24, 2.45) is 5.92 Å². The molecule has 2 aromatic rings. The van der Waals surface area contributed by atoms with Crippen LogP contribution in [0.2, 0.25) is 0 Å². The van der Waals surface area contributed by atoms with Crippen LogP contribution >= 0.6 is 0 Å². The number of aliphatic hydroxyl groups is 1. The fourth-order valence-corrected chi connectivity index (χ4v) is 5.41. The molecule has 0 radical (unpaired) electrons. The summed E-state index contributed by atoms with van der Waals surface area (Å²) < 4.78 is 4.91. The van der Waals surface area contributed by atoms with E-state index in [4.69, 9.17) is 4.74 Å². The third kappa shape index (κ3) is 3.29. The van der Waals surface area contributed by atoms with Gasteiger partial charge in [0.05, 0.1) is 18.3 Å². The van der Waals surface area contributed by atoms with Crippen LogP contribution in [0.4, 0.5) is 0 Å². The first-order valence-electron chi connectivity index (χ1n) is 9.92. The van der Waals surface area contributed by atoms with Crippen LogP contribution in [0, 0.1) is 5.92 Å². The predicted octanol–water partition coefficient (Wildman–Crippen LogP) is 4.45. The Morgan fingerprint density at radius 2 is 1.96 bits per heavy atom. The molecule has 0 unspecified atom stereocenters. The van der Waals surface area contributed by atoms with Gasteiger partial charge in [-0.2, -0.15) is 0 Å². The van der Waals surface area contributed by atoms with E-state index in [1.807, 2.05) is 19.1 Å². The highest BCUT2D eigenvalue weighted by Gasteiger charge is 2.50. The van der Waals surface area contributed by atoms with E-state index in [0.29, 0.717) is 11.5 Å². The molecule has 2 aliphatic carbocycles. The Hall–Kier alpha value is -2.13. The summed E-state index contributed by atoms with van der Waals surface area (Å²) in [4.78, 5) is 12.0. The average molecular weight is 364 g/mol. The fraction of sp³-hybridized carbons (Fsp3) is 0.458. The Bertz CT molecular complexity index is 840. The largest absolute Gasteiger partial charge is 0.465 e. The van der Waals surface area contributed by atoms with Gasteiger partial charge in [0.15, 0.2) is 0 Å². The molecular formula is C24H28O3. The molecule has 142 valence electrons. The Kier molecular flexibility index (Phi) is 4.59. The van der Waals surface area contributed by atoms with E-state index >= 15 is 0 Å². The highest BCUT2D eigenvalue weighted by molar-refractivity contribution is 5.89. The minimum absolute atomic E-state index is 0.0336. The second kappa shape index (κ2) is 6.79. The molecule has 0 amide bonds. The molecule has 0 aliphatic heterocycles. The fourth-order valence-electron chi connectivity index (χ4n) is 5.41. The molecule has 1 fully saturated rings. The highest BCUT2D eigenvalue weighted by atomic mass is 16.5. The second-order valence-corrected chi connectivity index (χ2v) is 8.62. The molecule has 27 heavy (non-hydrogen) atoms. The minimum atomic E-state index is -0.575. The molecule has 0 heterocycles. The number of hydrogen-bond acceptors (Lipinski definition) is 3. The van der Waals surface area contributed by atoms with Crippen molar-refractivity contribution in [3.8, 4) is 0 Å². The quantitative estimate of drug-likeness (QED) is 0.819. The summed E-state index contributed by atoms with van der Waals surface area (Å²) in [5.74, 6) is 0.182. The van der Waals surface area contributed by atoms with E-state index in [9.17, 15) is 9.90 Å². The molecule has 0 saturated heterocycles. The van der Waals surface area contributed by atoms with Gasteiger partial charge in [-0.3, -0.25) is 0 Å². The highest BCUT2D eigenvalue weighted by Crippen LogP contribution is 2.54. The zero-order chi connectivity index (χ0) is 19.1. The maximum Gasteiger partial charge on any atom is 0.337 e. The van der Waals surface area contributed by atoms with Crippen molar-refractivity contribution in [2.75, 3.05) is 7.11 Å². The topological polar surface area (TPSA) is 46.5 Å². The van der Waals surface area contributed by atoms with Crippen molar-refractivity contribution in [3.63, 3.8) is 0 Å². The van der Waals surface area contributed by atoms with Crippen LogP contribution in [-0.4, -0.2) is 23.8 Å². The average Bonchev–Trinajstić information content (AvgIpc) is 2.68. The predicted molar refractivity (Wildman–Crippen MR) is 106 cm³/mol. The summed E-state index contributed by atoms with van der Waals surface area (Å²) in [6, 6.07) is 16.8. The van der Waals surface area contributed by atoms with E-state index in [1.165, 1.54) is 23.8 Å². The number of carbonyl (C=O) groups excluding carboxylic acids is 1. The Balaban J connectivity index is 1.79. The van der Waals surface area contributed by atoms with Crippen LogP contribution in [0.1, 0.15) is 59.7 Å². The summed E-state index contributed by atoms with van der Waals surface area (Å²) in [6.45, 7) is 1.98. The summed E-state index contributed by atoms with van der Waals surface area (Å²) >= 11 is 0. The zero-order valence-corrected chi connectivity index (χ0v) is 16.2. The summed E-state index contributed by atoms with van der Waals surface area (Å²) in [6.07, 6.45) is 5.63. The number of ether oxygens (including phenoxy) is 1. The van der Waals surface area contributed by atoms with Gasteiger partial charge < -0.3 is 9.84 Å². The second-order valence-electron chi connectivity index (χ2n) is 8.62. The van der Waals surface area contributed by atoms with E-state index in [2.05, 4.69) is 36.4 Å². The summed E-state index contributed by atoms with van der Waals surface area (Å²) in [5.41, 5.74) is 4.07. The maximum absolute atomic E-state index is 12.0. The van der Waals surface area contributed by atoms with Gasteiger partial charge in [0, 0.05) is 5.41 Å². The Morgan fingerprint density at radius 3 is 2.70 bits per heavy atom. The molecule has 2 aliphatic rings. The normalized spacial score (nSPS) is 29.5. The molecule has 0 bridgehead atoms. The lowest BCUT2D eigenvalue weighted by Crippen LogP contribution is -2.50. The summed E-state index contributed by atoms with van der Waals surface area (Å²) in [7, 11) is 1.43. The van der Waals surface area contributed by atoms with Crippen LogP contribution in [0.5, 0.6) is 0 Å². The monoisotopic (exact) mass is 364 g/mol. The van der Waals surface area contributed by atoms with Crippen LogP contribution in [-0.2, 0) is 23.0 Å². The van der Waals surface area contributed by atoms with E-state index in [0.717, 1.165) is 38.5 Å². The molecule has 0 spiro atoms. The van der Waals surface area contributed by atoms with Gasteiger partial charge in [0.1, 0.15) is 0 Å². The Morgan fingerprint density at radius 1 is 1.19 bits per heavy atom. The van der Waals surface area contributed by atoms with E-state index in [-0.39, 0.29) is 11.4 Å². The molecule has 3 nitrogen and oxygen atoms in total. The molecule has 4 rings (SSSR count). The van der Waals surface area contributed by atoms with Crippen molar-refractivity contribution in [3.05, 3.63) is 70.8 Å². The van der Waals surface area contributed by atoms with Crippen LogP contribution in [0.25, 0.3) is 0 Å². The lowest BCUT2D eigenvalue weighted by molar-refractivity contribution is -0.0366. The Labute approximate surface area is 161 Å². The number of methoxy groups -OCH3 is 1. The standard InChI is InChI=1S/C24H28O3/c1-23(26)12-13-24(15-17-6-4-3-5-7-17)20(16-23)10-8-18-14-19(22(25)27-2)9-11-21(18)24/h3-7,9,11,14,20,26H,8,10,12-13,15-16H2,1-2H3/t20-,23+,24+/m1/s1. The molecule has 0 aromatic heterocycles. The first-order chi connectivity index (χ1) is 12.9. The zero-order valence-electron chi connectivity index (χ0n) is 16.2. The van der Waals surface area contributed by atoms with Gasteiger partial charge in [-0.15, -0.1) is 0 Å². The number of rotatable bonds is 3. The van der Waals surface area contributed by atoms with Crippen LogP contribution < -0.4 is 0 Å². The van der Waals surface area contributed by atoms with E-state index in [1.54, 1.807) is 0 Å². The number of esters is 1. The van der Waals surface area contributed by atoms with Crippen LogP contribution in [0.3, 0.4) is 0 Å². The minimum Gasteiger partial charge on any atom is -0.465 e. The van der Waals surface area contributed by atoms with Crippen molar-refractivity contribution in [2.45, 2.75) is 56.5 Å². The van der Waals surface area contributed by atoms with Gasteiger partial charge >= 0.3 is 5.97 Å². The molecule has 2 aromatic carbocycles. The lowest BCUT2D eigenvalue weighted by Gasteiger charge is -2.53. The number of fused-ring (bicyclic) bond motifs is 3.